The van der Waals surface area contributed by atoms with Gasteiger partial charge in [0, 0.05) is 17.7 Å². The summed E-state index contributed by atoms with van der Waals surface area (Å²) in [5.74, 6) is 5.42. The number of aromatic nitrogens is 1. The van der Waals surface area contributed by atoms with Crippen LogP contribution in [-0.2, 0) is 0 Å². The number of hydrogen-bond donors (Lipinski definition) is 1. The average Bonchev–Trinajstić information content (AvgIpc) is 2.07. The van der Waals surface area contributed by atoms with Gasteiger partial charge in [0.05, 0.1) is 0 Å². The summed E-state index contributed by atoms with van der Waals surface area (Å²) in [5.41, 5.74) is 7.08. The zero-order chi connectivity index (χ0) is 8.97. The highest BCUT2D eigenvalue weighted by Gasteiger charge is 1.94. The number of hydrogen-bond acceptors (Lipinski definition) is 3. The van der Waals surface area contributed by atoms with Crippen LogP contribution in [0.2, 0.25) is 0 Å². The molecule has 0 spiro atoms. The zero-order valence-corrected chi connectivity index (χ0v) is 6.63. The lowest BCUT2D eigenvalue weighted by molar-refractivity contribution is 1.27. The number of nitrogen functional groups attached to an aromatic ring is 1. The minimum absolute atomic E-state index is 0.498. The predicted octanol–water partition coefficient (Wildman–Crippen LogP) is 0.847. The summed E-state index contributed by atoms with van der Waals surface area (Å²) in [7, 11) is 0. The molecule has 1 rings (SSSR count). The van der Waals surface area contributed by atoms with Crippen LogP contribution in [0, 0.1) is 30.1 Å². The lowest BCUT2D eigenvalue weighted by atomic mass is 10.2. The number of nitriles is 1. The molecule has 0 aliphatic carbocycles. The van der Waals surface area contributed by atoms with Gasteiger partial charge in [-0.05, 0) is 24.5 Å². The van der Waals surface area contributed by atoms with Crippen molar-refractivity contribution in [3.8, 4) is 17.9 Å². The van der Waals surface area contributed by atoms with Crippen LogP contribution >= 0.6 is 0 Å². The van der Waals surface area contributed by atoms with Gasteiger partial charge in [-0.2, -0.15) is 5.26 Å². The minimum atomic E-state index is 0.498. The van der Waals surface area contributed by atoms with Crippen LogP contribution in [0.25, 0.3) is 0 Å². The lowest BCUT2D eigenvalue weighted by Gasteiger charge is -1.96. The van der Waals surface area contributed by atoms with Crippen LogP contribution < -0.4 is 5.73 Å². The Labute approximate surface area is 70.8 Å². The van der Waals surface area contributed by atoms with Crippen LogP contribution in [0.1, 0.15) is 11.1 Å². The third-order valence-corrected chi connectivity index (χ3v) is 1.38. The van der Waals surface area contributed by atoms with E-state index >= 15 is 0 Å². The van der Waals surface area contributed by atoms with E-state index in [1.807, 2.05) is 6.92 Å². The maximum atomic E-state index is 8.18. The molecule has 3 heteroatoms. The highest BCUT2D eigenvalue weighted by Crippen LogP contribution is 2.07. The largest absolute Gasteiger partial charge is 0.383 e. The SMILES string of the molecule is Cc1cc(C#CC#N)cnc1N. The molecule has 1 heterocycles. The first-order chi connectivity index (χ1) is 5.74. The second-order valence-electron chi connectivity index (χ2n) is 2.29. The maximum absolute atomic E-state index is 8.18. The van der Waals surface area contributed by atoms with Gasteiger partial charge in [-0.3, -0.25) is 0 Å². The number of aryl methyl sites for hydroxylation is 1. The third kappa shape index (κ3) is 1.74. The molecule has 0 fully saturated rings. The molecule has 0 amide bonds. The highest BCUT2D eigenvalue weighted by atomic mass is 14.8. The van der Waals surface area contributed by atoms with E-state index in [9.17, 15) is 0 Å². The minimum Gasteiger partial charge on any atom is -0.383 e. The van der Waals surface area contributed by atoms with E-state index in [1.54, 1.807) is 18.3 Å². The van der Waals surface area contributed by atoms with Crippen molar-refractivity contribution in [1.29, 1.82) is 5.26 Å². The standard InChI is InChI=1S/C9H7N3/c1-7-5-8(3-2-4-10)6-12-9(7)11/h5-6H,1H3,(H2,11,12). The summed E-state index contributed by atoms with van der Waals surface area (Å²) in [6.45, 7) is 1.85. The van der Waals surface area contributed by atoms with Gasteiger partial charge < -0.3 is 5.73 Å². The van der Waals surface area contributed by atoms with Crippen molar-refractivity contribution in [3.05, 3.63) is 23.4 Å². The predicted molar refractivity (Wildman–Crippen MR) is 45.9 cm³/mol. The van der Waals surface area contributed by atoms with E-state index in [2.05, 4.69) is 16.8 Å². The first-order valence-corrected chi connectivity index (χ1v) is 3.36. The number of nitrogens with two attached hydrogens (primary N) is 1. The van der Waals surface area contributed by atoms with Crippen molar-refractivity contribution in [1.82, 2.24) is 4.98 Å². The fourth-order valence-corrected chi connectivity index (χ4v) is 0.754. The Balaban J connectivity index is 3.07. The number of nitrogens with zero attached hydrogens (tertiary/aromatic N) is 2. The Kier molecular flexibility index (Phi) is 2.30. The fraction of sp³-hybridized carbons (Fsp3) is 0.111. The molecule has 3 nitrogen and oxygen atoms in total. The van der Waals surface area contributed by atoms with Crippen molar-refractivity contribution in [3.63, 3.8) is 0 Å². The van der Waals surface area contributed by atoms with Gasteiger partial charge in [0.25, 0.3) is 0 Å². The molecule has 1 aromatic heterocycles. The Morgan fingerprint density at radius 3 is 2.92 bits per heavy atom. The molecule has 0 saturated heterocycles. The first kappa shape index (κ1) is 8.10. The zero-order valence-electron chi connectivity index (χ0n) is 6.63. The fourth-order valence-electron chi connectivity index (χ4n) is 0.754. The molecule has 0 saturated carbocycles. The number of anilines is 1. The number of rotatable bonds is 0. The smallest absolute Gasteiger partial charge is 0.152 e. The Morgan fingerprint density at radius 1 is 1.58 bits per heavy atom. The summed E-state index contributed by atoms with van der Waals surface area (Å²) >= 11 is 0. The van der Waals surface area contributed by atoms with E-state index < -0.39 is 0 Å². The molecule has 0 radical (unpaired) electrons. The molecule has 0 bridgehead atoms. The van der Waals surface area contributed by atoms with Gasteiger partial charge in [-0.25, -0.2) is 4.98 Å². The molecule has 2 N–H and O–H groups in total. The topological polar surface area (TPSA) is 62.7 Å². The molecule has 0 atom stereocenters. The summed E-state index contributed by atoms with van der Waals surface area (Å²) < 4.78 is 0. The number of pyridine rings is 1. The van der Waals surface area contributed by atoms with E-state index in [-0.39, 0.29) is 0 Å². The van der Waals surface area contributed by atoms with Crippen molar-refractivity contribution in [2.75, 3.05) is 5.73 Å². The second-order valence-corrected chi connectivity index (χ2v) is 2.29. The van der Waals surface area contributed by atoms with Gasteiger partial charge in [-0.15, -0.1) is 0 Å². The monoisotopic (exact) mass is 157 g/mol. The molecule has 0 aliphatic rings. The molecular weight excluding hydrogens is 150 g/mol. The van der Waals surface area contributed by atoms with Gasteiger partial charge in [0.1, 0.15) is 5.82 Å². The maximum Gasteiger partial charge on any atom is 0.152 e. The van der Waals surface area contributed by atoms with Gasteiger partial charge in [-0.1, -0.05) is 0 Å². The van der Waals surface area contributed by atoms with Crippen LogP contribution in [0.5, 0.6) is 0 Å². The quantitative estimate of drug-likeness (QED) is 0.568. The molecule has 1 aromatic rings. The molecular formula is C9H7N3. The Morgan fingerprint density at radius 2 is 2.33 bits per heavy atom. The molecule has 12 heavy (non-hydrogen) atoms. The van der Waals surface area contributed by atoms with Gasteiger partial charge >= 0.3 is 0 Å². The van der Waals surface area contributed by atoms with Crippen LogP contribution in [0.3, 0.4) is 0 Å². The average molecular weight is 157 g/mol. The van der Waals surface area contributed by atoms with E-state index in [1.165, 1.54) is 0 Å². The second kappa shape index (κ2) is 3.41. The summed E-state index contributed by atoms with van der Waals surface area (Å²) in [4.78, 5) is 3.90. The van der Waals surface area contributed by atoms with Crippen LogP contribution in [0.15, 0.2) is 12.3 Å². The summed E-state index contributed by atoms with van der Waals surface area (Å²) in [5, 5.41) is 8.18. The van der Waals surface area contributed by atoms with Crippen molar-refractivity contribution in [2.45, 2.75) is 6.92 Å². The summed E-state index contributed by atoms with van der Waals surface area (Å²) in [6, 6.07) is 3.53. The molecule has 0 aliphatic heterocycles. The van der Waals surface area contributed by atoms with E-state index in [0.29, 0.717) is 11.4 Å². The van der Waals surface area contributed by atoms with E-state index in [0.717, 1.165) is 5.56 Å². The van der Waals surface area contributed by atoms with E-state index in [4.69, 9.17) is 11.0 Å². The Bertz CT molecular complexity index is 390. The van der Waals surface area contributed by atoms with Crippen LogP contribution in [-0.4, -0.2) is 4.98 Å². The first-order valence-electron chi connectivity index (χ1n) is 3.36. The van der Waals surface area contributed by atoms with Crippen LogP contribution in [0.4, 0.5) is 5.82 Å². The lowest BCUT2D eigenvalue weighted by Crippen LogP contribution is -1.93. The molecule has 58 valence electrons. The molecule has 0 aromatic carbocycles. The van der Waals surface area contributed by atoms with Crippen molar-refractivity contribution >= 4 is 5.82 Å². The van der Waals surface area contributed by atoms with Gasteiger partial charge in [0.15, 0.2) is 6.07 Å². The normalized spacial score (nSPS) is 8.00. The Hall–Kier alpha value is -2.00. The third-order valence-electron chi connectivity index (χ3n) is 1.38. The highest BCUT2D eigenvalue weighted by molar-refractivity contribution is 5.45. The van der Waals surface area contributed by atoms with Gasteiger partial charge in [0.2, 0.25) is 0 Å². The molecule has 0 unspecified atom stereocenters. The summed E-state index contributed by atoms with van der Waals surface area (Å²) in [6.07, 6.45) is 1.55. The van der Waals surface area contributed by atoms with Crippen molar-refractivity contribution in [2.24, 2.45) is 0 Å². The van der Waals surface area contributed by atoms with Crippen molar-refractivity contribution < 1.29 is 0 Å².